The van der Waals surface area contributed by atoms with Crippen molar-refractivity contribution in [3.8, 4) is 5.75 Å². The van der Waals surface area contributed by atoms with Gasteiger partial charge in [-0.3, -0.25) is 4.79 Å². The number of primary amides is 1. The van der Waals surface area contributed by atoms with E-state index in [-0.39, 0.29) is 30.6 Å². The van der Waals surface area contributed by atoms with Crippen LogP contribution >= 0.6 is 35.3 Å². The average Bonchev–Trinajstić information content (AvgIpc) is 3.11. The molecule has 0 aliphatic carbocycles. The lowest BCUT2D eigenvalue weighted by Gasteiger charge is -2.10. The standard InChI is InChI=1S/C18H25N5O2S.HI/c1-3-15-10-21-17(26-15)11-23-18(20-4-2)22-9-13-6-5-7-14(8-13)25-12-16(19)24;/h5-8,10H,3-4,9,11-12H2,1-2H3,(H2,19,24)(H2,20,22,23);1H. The number of halogens is 1. The minimum absolute atomic E-state index is 0. The number of ether oxygens (including phenoxy) is 1. The molecule has 9 heteroatoms. The summed E-state index contributed by atoms with van der Waals surface area (Å²) in [6.45, 7) is 5.90. The molecule has 0 aliphatic heterocycles. The lowest BCUT2D eigenvalue weighted by Crippen LogP contribution is -2.36. The molecule has 0 unspecified atom stereocenters. The summed E-state index contributed by atoms with van der Waals surface area (Å²) in [6, 6.07) is 7.46. The van der Waals surface area contributed by atoms with E-state index in [0.717, 1.165) is 29.5 Å². The van der Waals surface area contributed by atoms with Crippen molar-refractivity contribution in [2.45, 2.75) is 33.4 Å². The molecule has 0 spiro atoms. The van der Waals surface area contributed by atoms with Gasteiger partial charge in [-0.15, -0.1) is 35.3 Å². The van der Waals surface area contributed by atoms with Crippen molar-refractivity contribution in [2.75, 3.05) is 13.2 Å². The van der Waals surface area contributed by atoms with Crippen LogP contribution in [-0.4, -0.2) is 30.0 Å². The zero-order chi connectivity index (χ0) is 18.8. The molecule has 148 valence electrons. The van der Waals surface area contributed by atoms with Gasteiger partial charge in [-0.05, 0) is 31.0 Å². The second-order valence-electron chi connectivity index (χ2n) is 5.52. The van der Waals surface area contributed by atoms with Gasteiger partial charge >= 0.3 is 0 Å². The van der Waals surface area contributed by atoms with Gasteiger partial charge in [0.2, 0.25) is 0 Å². The number of thiazole rings is 1. The number of rotatable bonds is 9. The third-order valence-corrected chi connectivity index (χ3v) is 4.54. The number of hydrogen-bond acceptors (Lipinski definition) is 5. The molecule has 0 radical (unpaired) electrons. The Hall–Kier alpha value is -1.88. The molecule has 0 saturated heterocycles. The van der Waals surface area contributed by atoms with Crippen LogP contribution < -0.4 is 21.1 Å². The SMILES string of the molecule is CCNC(=NCc1cccc(OCC(N)=O)c1)NCc1ncc(CC)s1.I. The molecule has 27 heavy (non-hydrogen) atoms. The summed E-state index contributed by atoms with van der Waals surface area (Å²) in [6.07, 6.45) is 2.92. The molecular weight excluding hydrogens is 477 g/mol. The average molecular weight is 503 g/mol. The second-order valence-corrected chi connectivity index (χ2v) is 6.72. The third-order valence-electron chi connectivity index (χ3n) is 3.40. The van der Waals surface area contributed by atoms with Gasteiger partial charge in [-0.2, -0.15) is 0 Å². The van der Waals surface area contributed by atoms with Crippen molar-refractivity contribution in [1.29, 1.82) is 0 Å². The lowest BCUT2D eigenvalue weighted by atomic mass is 10.2. The smallest absolute Gasteiger partial charge is 0.255 e. The van der Waals surface area contributed by atoms with E-state index in [9.17, 15) is 4.79 Å². The van der Waals surface area contributed by atoms with Crippen molar-refractivity contribution in [3.63, 3.8) is 0 Å². The van der Waals surface area contributed by atoms with Gasteiger partial charge in [0.05, 0.1) is 13.1 Å². The number of nitrogens with zero attached hydrogens (tertiary/aromatic N) is 2. The Balaban J connectivity index is 0.00000364. The highest BCUT2D eigenvalue weighted by Crippen LogP contribution is 2.14. The van der Waals surface area contributed by atoms with Gasteiger partial charge in [-0.1, -0.05) is 19.1 Å². The largest absolute Gasteiger partial charge is 0.484 e. The number of nitrogens with two attached hydrogens (primary N) is 1. The van der Waals surface area contributed by atoms with Crippen LogP contribution in [0.2, 0.25) is 0 Å². The zero-order valence-electron chi connectivity index (χ0n) is 15.5. The Morgan fingerprint density at radius 2 is 2.15 bits per heavy atom. The number of aliphatic imine (C=N–C) groups is 1. The fraction of sp³-hybridized carbons (Fsp3) is 0.389. The summed E-state index contributed by atoms with van der Waals surface area (Å²) < 4.78 is 5.32. The number of benzene rings is 1. The Morgan fingerprint density at radius 1 is 1.33 bits per heavy atom. The predicted octanol–water partition coefficient (Wildman–Crippen LogP) is 2.44. The normalized spacial score (nSPS) is 10.8. The van der Waals surface area contributed by atoms with Gasteiger partial charge in [-0.25, -0.2) is 9.98 Å². The quantitative estimate of drug-likeness (QED) is 0.277. The second kappa shape index (κ2) is 12.5. The molecule has 0 aliphatic rings. The Morgan fingerprint density at radius 3 is 2.81 bits per heavy atom. The molecule has 1 aromatic carbocycles. The maximum absolute atomic E-state index is 10.8. The highest BCUT2D eigenvalue weighted by Gasteiger charge is 2.04. The number of aryl methyl sites for hydroxylation is 1. The van der Waals surface area contributed by atoms with Crippen LogP contribution in [0.3, 0.4) is 0 Å². The van der Waals surface area contributed by atoms with E-state index in [2.05, 4.69) is 27.5 Å². The molecule has 2 rings (SSSR count). The summed E-state index contributed by atoms with van der Waals surface area (Å²) in [5.41, 5.74) is 6.07. The number of nitrogens with one attached hydrogen (secondary N) is 2. The van der Waals surface area contributed by atoms with Crippen LogP contribution in [0, 0.1) is 0 Å². The number of amides is 1. The van der Waals surface area contributed by atoms with Crippen LogP contribution in [0.5, 0.6) is 5.75 Å². The summed E-state index contributed by atoms with van der Waals surface area (Å²) in [7, 11) is 0. The van der Waals surface area contributed by atoms with Crippen LogP contribution in [0.15, 0.2) is 35.5 Å². The first-order chi connectivity index (χ1) is 12.6. The first-order valence-electron chi connectivity index (χ1n) is 8.56. The van der Waals surface area contributed by atoms with Crippen LogP contribution in [0.1, 0.15) is 29.3 Å². The molecular formula is C18H26IN5O2S. The number of hydrogen-bond donors (Lipinski definition) is 3. The van der Waals surface area contributed by atoms with E-state index in [1.807, 2.05) is 31.3 Å². The maximum Gasteiger partial charge on any atom is 0.255 e. The Kier molecular flexibility index (Phi) is 10.7. The van der Waals surface area contributed by atoms with E-state index in [0.29, 0.717) is 18.8 Å². The van der Waals surface area contributed by atoms with Crippen LogP contribution in [0.4, 0.5) is 0 Å². The Labute approximate surface area is 180 Å². The molecule has 4 N–H and O–H groups in total. The molecule has 1 aromatic heterocycles. The number of guanidine groups is 1. The minimum atomic E-state index is -0.500. The van der Waals surface area contributed by atoms with Gasteiger partial charge < -0.3 is 21.1 Å². The van der Waals surface area contributed by atoms with Gasteiger partial charge in [0.1, 0.15) is 10.8 Å². The third kappa shape index (κ3) is 8.57. The molecule has 2 aromatic rings. The predicted molar refractivity (Wildman–Crippen MR) is 120 cm³/mol. The minimum Gasteiger partial charge on any atom is -0.484 e. The molecule has 0 fully saturated rings. The number of carbonyl (C=O) groups is 1. The van der Waals surface area contributed by atoms with Crippen LogP contribution in [-0.2, 0) is 24.3 Å². The van der Waals surface area contributed by atoms with E-state index in [1.165, 1.54) is 4.88 Å². The zero-order valence-corrected chi connectivity index (χ0v) is 18.7. The molecule has 7 nitrogen and oxygen atoms in total. The highest BCUT2D eigenvalue weighted by molar-refractivity contribution is 14.0. The summed E-state index contributed by atoms with van der Waals surface area (Å²) >= 11 is 1.71. The maximum atomic E-state index is 10.8. The molecule has 0 bridgehead atoms. The first-order valence-corrected chi connectivity index (χ1v) is 9.38. The van der Waals surface area contributed by atoms with E-state index >= 15 is 0 Å². The van der Waals surface area contributed by atoms with E-state index in [1.54, 1.807) is 17.4 Å². The summed E-state index contributed by atoms with van der Waals surface area (Å²) in [5.74, 6) is 0.828. The highest BCUT2D eigenvalue weighted by atomic mass is 127. The first kappa shape index (κ1) is 23.2. The van der Waals surface area contributed by atoms with Gasteiger partial charge in [0.15, 0.2) is 12.6 Å². The Bertz CT molecular complexity index is 751. The molecule has 1 heterocycles. The van der Waals surface area contributed by atoms with Crippen molar-refractivity contribution in [2.24, 2.45) is 10.7 Å². The number of carbonyl (C=O) groups excluding carboxylic acids is 1. The molecule has 1 amide bonds. The fourth-order valence-electron chi connectivity index (χ4n) is 2.15. The van der Waals surface area contributed by atoms with E-state index < -0.39 is 5.91 Å². The van der Waals surface area contributed by atoms with Crippen molar-refractivity contribution >= 4 is 47.2 Å². The van der Waals surface area contributed by atoms with E-state index in [4.69, 9.17) is 10.5 Å². The van der Waals surface area contributed by atoms with Crippen LogP contribution in [0.25, 0.3) is 0 Å². The van der Waals surface area contributed by atoms with Gasteiger partial charge in [0, 0.05) is 17.6 Å². The lowest BCUT2D eigenvalue weighted by molar-refractivity contribution is -0.119. The fourth-order valence-corrected chi connectivity index (χ4v) is 2.95. The van der Waals surface area contributed by atoms with Gasteiger partial charge in [0.25, 0.3) is 5.91 Å². The topological polar surface area (TPSA) is 102 Å². The molecule has 0 atom stereocenters. The summed E-state index contributed by atoms with van der Waals surface area (Å²) in [4.78, 5) is 21.1. The van der Waals surface area contributed by atoms with Crippen molar-refractivity contribution in [3.05, 3.63) is 45.9 Å². The summed E-state index contributed by atoms with van der Waals surface area (Å²) in [5, 5.41) is 7.55. The molecule has 0 saturated carbocycles. The number of aromatic nitrogens is 1. The van der Waals surface area contributed by atoms with Crippen molar-refractivity contribution < 1.29 is 9.53 Å². The monoisotopic (exact) mass is 503 g/mol. The van der Waals surface area contributed by atoms with Crippen molar-refractivity contribution in [1.82, 2.24) is 15.6 Å².